The molecule has 0 spiro atoms. The second-order valence-electron chi connectivity index (χ2n) is 18.1. The highest BCUT2D eigenvalue weighted by Gasteiger charge is 2.30. The summed E-state index contributed by atoms with van der Waals surface area (Å²) >= 11 is 0. The van der Waals surface area contributed by atoms with Crippen molar-refractivity contribution >= 4 is 40.1 Å². The molecule has 320 valence electrons. The van der Waals surface area contributed by atoms with E-state index in [-0.39, 0.29) is 35.1 Å². The minimum absolute atomic E-state index is 0.0458. The molecule has 0 bridgehead atoms. The number of hydrogen-bond acceptors (Lipinski definition) is 11. The summed E-state index contributed by atoms with van der Waals surface area (Å²) in [4.78, 5) is 61.5. The predicted molar refractivity (Wildman–Crippen MR) is 239 cm³/mol. The van der Waals surface area contributed by atoms with Gasteiger partial charge in [0.15, 0.2) is 5.82 Å². The van der Waals surface area contributed by atoms with Crippen LogP contribution in [-0.2, 0) is 15.0 Å². The summed E-state index contributed by atoms with van der Waals surface area (Å²) in [5.41, 5.74) is 9.73. The van der Waals surface area contributed by atoms with E-state index in [1.807, 2.05) is 46.8 Å². The van der Waals surface area contributed by atoms with Gasteiger partial charge in [0.2, 0.25) is 11.8 Å². The third-order valence-corrected chi connectivity index (χ3v) is 12.7. The number of nitrogens with one attached hydrogen (secondary N) is 3. The number of carbonyl (C=O) groups excluding carboxylic acids is 3. The standard InChI is InChI=1S/C48H54N10O4/c1-29-24-34(10-15-37(29)30(2)51-45(61)46-54-47(55-62-46)48(3,4)5)42-39-25-40(52-43(39)50-28-49-42)33-8-13-35(14-9-33)57-22-20-56(21-23-57)26-31-18-19-58(27-31)36-11-6-32(7-12-36)38-16-17-41(59)53-44(38)60/h6-15,24-25,28,30-31,38H,16-23,26-27H2,1-5H3,(H,51,61)(H,49,50,52)(H,53,59,60). The molecule has 3 aliphatic heterocycles. The minimum atomic E-state index is -0.406. The Labute approximate surface area is 361 Å². The molecule has 3 amide bonds. The third-order valence-electron chi connectivity index (χ3n) is 12.7. The van der Waals surface area contributed by atoms with E-state index in [1.54, 1.807) is 6.33 Å². The number of aryl methyl sites for hydroxylation is 1. The number of amides is 3. The maximum absolute atomic E-state index is 12.9. The van der Waals surface area contributed by atoms with Crippen LogP contribution in [0.3, 0.4) is 0 Å². The summed E-state index contributed by atoms with van der Waals surface area (Å²) < 4.78 is 5.25. The van der Waals surface area contributed by atoms with Crippen LogP contribution in [0.4, 0.5) is 11.4 Å². The zero-order valence-corrected chi connectivity index (χ0v) is 36.1. The highest BCUT2D eigenvalue weighted by Crippen LogP contribution is 2.34. The molecular weight excluding hydrogens is 781 g/mol. The second-order valence-corrected chi connectivity index (χ2v) is 18.1. The normalized spacial score (nSPS) is 19.2. The maximum Gasteiger partial charge on any atom is 0.315 e. The predicted octanol–water partition coefficient (Wildman–Crippen LogP) is 6.94. The fourth-order valence-corrected chi connectivity index (χ4v) is 9.14. The Hall–Kier alpha value is -6.41. The average molecular weight is 835 g/mol. The highest BCUT2D eigenvalue weighted by atomic mass is 16.5. The smallest absolute Gasteiger partial charge is 0.315 e. The Morgan fingerprint density at radius 1 is 0.887 bits per heavy atom. The van der Waals surface area contributed by atoms with Crippen LogP contribution in [0.1, 0.15) is 92.1 Å². The molecule has 3 saturated heterocycles. The fourth-order valence-electron chi connectivity index (χ4n) is 9.14. The molecule has 3 aromatic carbocycles. The summed E-state index contributed by atoms with van der Waals surface area (Å²) in [5.74, 6) is 0.0455. The molecule has 6 aromatic rings. The summed E-state index contributed by atoms with van der Waals surface area (Å²) in [6.45, 7) is 17.1. The molecule has 3 aliphatic rings. The number of H-pyrrole nitrogens is 1. The van der Waals surface area contributed by atoms with Crippen LogP contribution in [0.15, 0.2) is 83.6 Å². The van der Waals surface area contributed by atoms with E-state index in [2.05, 4.69) is 106 Å². The molecule has 0 radical (unpaired) electrons. The van der Waals surface area contributed by atoms with E-state index in [1.165, 1.54) is 17.8 Å². The molecule has 14 nitrogen and oxygen atoms in total. The average Bonchev–Trinajstić information content (AvgIpc) is 4.05. The van der Waals surface area contributed by atoms with Gasteiger partial charge in [-0.3, -0.25) is 24.6 Å². The quantitative estimate of drug-likeness (QED) is 0.123. The topological polar surface area (TPSA) is 165 Å². The van der Waals surface area contributed by atoms with Gasteiger partial charge in [-0.25, -0.2) is 9.97 Å². The van der Waals surface area contributed by atoms with Gasteiger partial charge in [0, 0.05) is 85.7 Å². The Bertz CT molecular complexity index is 2600. The van der Waals surface area contributed by atoms with Crippen molar-refractivity contribution in [1.82, 2.24) is 40.6 Å². The lowest BCUT2D eigenvalue weighted by atomic mass is 9.90. The number of benzene rings is 3. The van der Waals surface area contributed by atoms with Crippen LogP contribution >= 0.6 is 0 Å². The van der Waals surface area contributed by atoms with Crippen molar-refractivity contribution in [3.05, 3.63) is 108 Å². The number of carbonyl (C=O) groups is 3. The Morgan fingerprint density at radius 3 is 2.32 bits per heavy atom. The van der Waals surface area contributed by atoms with Crippen LogP contribution in [0.5, 0.6) is 0 Å². The zero-order valence-electron chi connectivity index (χ0n) is 36.1. The van der Waals surface area contributed by atoms with E-state index in [9.17, 15) is 14.4 Å². The number of hydrogen-bond donors (Lipinski definition) is 3. The summed E-state index contributed by atoms with van der Waals surface area (Å²) in [6.07, 6.45) is 3.74. The molecule has 0 aliphatic carbocycles. The van der Waals surface area contributed by atoms with Crippen LogP contribution in [-0.4, -0.2) is 93.5 Å². The largest absolute Gasteiger partial charge is 0.371 e. The van der Waals surface area contributed by atoms with Gasteiger partial charge >= 0.3 is 11.8 Å². The molecule has 14 heteroatoms. The molecule has 0 saturated carbocycles. The number of anilines is 2. The van der Waals surface area contributed by atoms with Crippen LogP contribution in [0, 0.1) is 12.8 Å². The van der Waals surface area contributed by atoms with Crippen molar-refractivity contribution in [2.75, 3.05) is 55.6 Å². The lowest BCUT2D eigenvalue weighted by molar-refractivity contribution is -0.134. The molecule has 3 N–H and O–H groups in total. The zero-order chi connectivity index (χ0) is 43.1. The molecule has 3 fully saturated rings. The minimum Gasteiger partial charge on any atom is -0.371 e. The van der Waals surface area contributed by atoms with E-state index in [4.69, 9.17) is 9.51 Å². The third kappa shape index (κ3) is 8.56. The molecule has 6 heterocycles. The van der Waals surface area contributed by atoms with Gasteiger partial charge in [-0.05, 0) is 91.3 Å². The number of piperidine rings is 1. The monoisotopic (exact) mass is 834 g/mol. The molecule has 3 atom stereocenters. The van der Waals surface area contributed by atoms with Crippen molar-refractivity contribution < 1.29 is 18.9 Å². The van der Waals surface area contributed by atoms with Gasteiger partial charge in [-0.2, -0.15) is 4.98 Å². The lowest BCUT2D eigenvalue weighted by Crippen LogP contribution is -2.48. The van der Waals surface area contributed by atoms with Crippen molar-refractivity contribution in [1.29, 1.82) is 0 Å². The molecule has 3 aromatic heterocycles. The number of aromatic nitrogens is 5. The number of nitrogens with zero attached hydrogens (tertiary/aromatic N) is 7. The number of aromatic amines is 1. The summed E-state index contributed by atoms with van der Waals surface area (Å²) in [7, 11) is 0. The number of piperazine rings is 1. The Balaban J connectivity index is 0.784. The molecule has 3 unspecified atom stereocenters. The fraction of sp³-hybridized carbons (Fsp3) is 0.396. The first-order valence-electron chi connectivity index (χ1n) is 21.7. The first kappa shape index (κ1) is 41.0. The van der Waals surface area contributed by atoms with Gasteiger partial charge < -0.3 is 24.6 Å². The van der Waals surface area contributed by atoms with E-state index >= 15 is 0 Å². The number of fused-ring (bicyclic) bond motifs is 1. The maximum atomic E-state index is 12.9. The van der Waals surface area contributed by atoms with Crippen molar-refractivity contribution in [2.45, 2.75) is 71.3 Å². The molecular formula is C48H54N10O4. The summed E-state index contributed by atoms with van der Waals surface area (Å²) in [5, 5.41) is 10.4. The van der Waals surface area contributed by atoms with Crippen molar-refractivity contribution in [3.8, 4) is 22.5 Å². The van der Waals surface area contributed by atoms with E-state index in [0.717, 1.165) is 96.1 Å². The number of imide groups is 1. The second kappa shape index (κ2) is 16.8. The Kier molecular flexibility index (Phi) is 11.1. The highest BCUT2D eigenvalue weighted by molar-refractivity contribution is 6.01. The van der Waals surface area contributed by atoms with Crippen LogP contribution in [0.2, 0.25) is 0 Å². The van der Waals surface area contributed by atoms with E-state index < -0.39 is 5.91 Å². The van der Waals surface area contributed by atoms with Crippen molar-refractivity contribution in [3.63, 3.8) is 0 Å². The van der Waals surface area contributed by atoms with Gasteiger partial charge in [0.25, 0.3) is 0 Å². The van der Waals surface area contributed by atoms with Gasteiger partial charge in [0.05, 0.1) is 17.7 Å². The Morgan fingerprint density at radius 2 is 1.61 bits per heavy atom. The van der Waals surface area contributed by atoms with Gasteiger partial charge in [0.1, 0.15) is 12.0 Å². The molecule has 9 rings (SSSR count). The molecule has 62 heavy (non-hydrogen) atoms. The van der Waals surface area contributed by atoms with E-state index in [0.29, 0.717) is 24.6 Å². The van der Waals surface area contributed by atoms with Crippen molar-refractivity contribution in [2.24, 2.45) is 5.92 Å². The first-order chi connectivity index (χ1) is 29.9. The first-order valence-corrected chi connectivity index (χ1v) is 21.7. The van der Waals surface area contributed by atoms with Crippen LogP contribution < -0.4 is 20.4 Å². The van der Waals surface area contributed by atoms with Gasteiger partial charge in [-0.1, -0.05) is 62.3 Å². The number of rotatable bonds is 10. The summed E-state index contributed by atoms with van der Waals surface area (Å²) in [6, 6.07) is 25.2. The lowest BCUT2D eigenvalue weighted by Gasteiger charge is -2.37. The van der Waals surface area contributed by atoms with Gasteiger partial charge in [-0.15, -0.1) is 0 Å². The van der Waals surface area contributed by atoms with Crippen LogP contribution in [0.25, 0.3) is 33.5 Å². The SMILES string of the molecule is Cc1cc(-c2ncnc3[nH]c(-c4ccc(N5CCN(CC6CCN(c7ccc(C8CCC(=O)NC8=O)cc7)C6)CC5)cc4)cc23)ccc1C(C)NC(=O)c1nc(C(C)(C)C)no1.